The van der Waals surface area contributed by atoms with Gasteiger partial charge in [0.1, 0.15) is 17.5 Å². The third-order valence-corrected chi connectivity index (χ3v) is 3.35. The van der Waals surface area contributed by atoms with E-state index >= 15 is 0 Å². The Balaban J connectivity index is 2.53. The summed E-state index contributed by atoms with van der Waals surface area (Å²) in [4.78, 5) is 12.0. The van der Waals surface area contributed by atoms with Gasteiger partial charge in [-0.3, -0.25) is 4.79 Å². The van der Waals surface area contributed by atoms with Gasteiger partial charge >= 0.3 is 0 Å². The van der Waals surface area contributed by atoms with E-state index in [1.54, 1.807) is 0 Å². The van der Waals surface area contributed by atoms with E-state index in [2.05, 4.69) is 15.9 Å². The summed E-state index contributed by atoms with van der Waals surface area (Å²) in [6.07, 6.45) is 0. The molecule has 2 aromatic carbocycles. The summed E-state index contributed by atoms with van der Waals surface area (Å²) in [5.74, 6) is -3.10. The first-order chi connectivity index (χ1) is 8.90. The van der Waals surface area contributed by atoms with Crippen molar-refractivity contribution in [3.63, 3.8) is 0 Å². The van der Waals surface area contributed by atoms with Crippen LogP contribution in [0.3, 0.4) is 0 Å². The minimum absolute atomic E-state index is 0.0910. The van der Waals surface area contributed by atoms with Crippen molar-refractivity contribution >= 4 is 33.3 Å². The number of benzene rings is 2. The van der Waals surface area contributed by atoms with Crippen molar-refractivity contribution in [3.8, 4) is 0 Å². The molecule has 2 rings (SSSR count). The number of halogens is 5. The normalized spacial score (nSPS) is 10.6. The highest BCUT2D eigenvalue weighted by molar-refractivity contribution is 9.10. The lowest BCUT2D eigenvalue weighted by Crippen LogP contribution is -2.06. The van der Waals surface area contributed by atoms with Gasteiger partial charge in [0.05, 0.1) is 15.1 Å². The Kier molecular flexibility index (Phi) is 3.96. The molecule has 0 atom stereocenters. The maximum atomic E-state index is 13.6. The van der Waals surface area contributed by atoms with E-state index in [0.717, 1.165) is 30.3 Å². The van der Waals surface area contributed by atoms with Crippen LogP contribution in [0.4, 0.5) is 13.2 Å². The Hall–Kier alpha value is -1.33. The second-order valence-electron chi connectivity index (χ2n) is 3.70. The van der Waals surface area contributed by atoms with Crippen molar-refractivity contribution in [3.05, 3.63) is 68.4 Å². The first kappa shape index (κ1) is 14.1. The highest BCUT2D eigenvalue weighted by atomic mass is 79.9. The van der Waals surface area contributed by atoms with E-state index in [0.29, 0.717) is 0 Å². The minimum atomic E-state index is -0.890. The van der Waals surface area contributed by atoms with Crippen LogP contribution < -0.4 is 0 Å². The average Bonchev–Trinajstić information content (AvgIpc) is 2.33. The number of rotatable bonds is 2. The van der Waals surface area contributed by atoms with Gasteiger partial charge in [0.25, 0.3) is 0 Å². The maximum Gasteiger partial charge on any atom is 0.197 e. The molecule has 19 heavy (non-hydrogen) atoms. The van der Waals surface area contributed by atoms with Crippen LogP contribution in [-0.2, 0) is 0 Å². The van der Waals surface area contributed by atoms with Crippen molar-refractivity contribution in [1.29, 1.82) is 0 Å². The van der Waals surface area contributed by atoms with Crippen LogP contribution >= 0.6 is 27.5 Å². The zero-order chi connectivity index (χ0) is 14.2. The Morgan fingerprint density at radius 3 is 2.32 bits per heavy atom. The lowest BCUT2D eigenvalue weighted by atomic mass is 10.0. The van der Waals surface area contributed by atoms with Crippen LogP contribution in [0, 0.1) is 17.5 Å². The molecule has 0 unspecified atom stereocenters. The van der Waals surface area contributed by atoms with Gasteiger partial charge in [-0.05, 0) is 46.3 Å². The van der Waals surface area contributed by atoms with Gasteiger partial charge in [0.2, 0.25) is 0 Å². The summed E-state index contributed by atoms with van der Waals surface area (Å²) in [7, 11) is 0. The molecule has 1 nitrogen and oxygen atoms in total. The molecule has 0 amide bonds. The second kappa shape index (κ2) is 5.35. The molecule has 0 bridgehead atoms. The highest BCUT2D eigenvalue weighted by Crippen LogP contribution is 2.25. The van der Waals surface area contributed by atoms with Gasteiger partial charge in [0, 0.05) is 5.56 Å². The Morgan fingerprint density at radius 2 is 1.68 bits per heavy atom. The molecule has 6 heteroatoms. The number of hydrogen-bond donors (Lipinski definition) is 0. The Bertz CT molecular complexity index is 673. The smallest absolute Gasteiger partial charge is 0.197 e. The quantitative estimate of drug-likeness (QED) is 0.565. The lowest BCUT2D eigenvalue weighted by Gasteiger charge is -2.06. The number of ketones is 1. The average molecular weight is 350 g/mol. The number of carbonyl (C=O) groups excluding carboxylic acids is 1. The lowest BCUT2D eigenvalue weighted by molar-refractivity contribution is 0.103. The van der Waals surface area contributed by atoms with Crippen molar-refractivity contribution < 1.29 is 18.0 Å². The first-order valence-electron chi connectivity index (χ1n) is 5.04. The molecule has 0 fully saturated rings. The van der Waals surface area contributed by atoms with Gasteiger partial charge in [-0.15, -0.1) is 0 Å². The Labute approximate surface area is 120 Å². The fraction of sp³-hybridized carbons (Fsp3) is 0. The van der Waals surface area contributed by atoms with Gasteiger partial charge in [-0.2, -0.15) is 0 Å². The molecule has 0 heterocycles. The number of hydrogen-bond acceptors (Lipinski definition) is 1. The van der Waals surface area contributed by atoms with Gasteiger partial charge in [0.15, 0.2) is 5.78 Å². The first-order valence-corrected chi connectivity index (χ1v) is 6.21. The molecule has 0 spiro atoms. The van der Waals surface area contributed by atoms with E-state index in [-0.39, 0.29) is 15.1 Å². The predicted molar refractivity (Wildman–Crippen MR) is 68.9 cm³/mol. The zero-order valence-corrected chi connectivity index (χ0v) is 11.5. The van der Waals surface area contributed by atoms with Crippen LogP contribution in [0.1, 0.15) is 15.9 Å². The molecule has 0 radical (unpaired) electrons. The van der Waals surface area contributed by atoms with Crippen molar-refractivity contribution in [2.45, 2.75) is 0 Å². The molecule has 0 aliphatic heterocycles. The zero-order valence-electron chi connectivity index (χ0n) is 9.18. The third kappa shape index (κ3) is 2.82. The molecule has 0 saturated heterocycles. The fourth-order valence-electron chi connectivity index (χ4n) is 1.52. The summed E-state index contributed by atoms with van der Waals surface area (Å²) in [5, 5.41) is -0.160. The fourth-order valence-corrected chi connectivity index (χ4v) is 2.08. The van der Waals surface area contributed by atoms with Crippen molar-refractivity contribution in [2.24, 2.45) is 0 Å². The molecular formula is C13H5BrClF3O. The van der Waals surface area contributed by atoms with Crippen LogP contribution in [0.5, 0.6) is 0 Å². The topological polar surface area (TPSA) is 17.1 Å². The summed E-state index contributed by atoms with van der Waals surface area (Å²) in [5.41, 5.74) is -0.558. The third-order valence-electron chi connectivity index (χ3n) is 2.43. The monoisotopic (exact) mass is 348 g/mol. The summed E-state index contributed by atoms with van der Waals surface area (Å²) < 4.78 is 39.8. The van der Waals surface area contributed by atoms with E-state index in [4.69, 9.17) is 11.6 Å². The predicted octanol–water partition coefficient (Wildman–Crippen LogP) is 4.75. The maximum absolute atomic E-state index is 13.6. The van der Waals surface area contributed by atoms with E-state index < -0.39 is 28.8 Å². The van der Waals surface area contributed by atoms with E-state index in [1.807, 2.05) is 0 Å². The van der Waals surface area contributed by atoms with Gasteiger partial charge in [-0.25, -0.2) is 13.2 Å². The molecular weight excluding hydrogens is 344 g/mol. The summed E-state index contributed by atoms with van der Waals surface area (Å²) in [6, 6.07) is 4.69. The van der Waals surface area contributed by atoms with Crippen molar-refractivity contribution in [2.75, 3.05) is 0 Å². The van der Waals surface area contributed by atoms with Gasteiger partial charge in [-0.1, -0.05) is 11.6 Å². The number of carbonyl (C=O) groups is 1. The molecule has 0 N–H and O–H groups in total. The van der Waals surface area contributed by atoms with E-state index in [9.17, 15) is 18.0 Å². The standard InChI is InChI=1S/C13H5BrClF3O/c14-9-5-11(17)8(4-12(9)18)13(19)7-2-1-6(16)3-10(7)15/h1-5H. The van der Waals surface area contributed by atoms with Crippen LogP contribution in [-0.4, -0.2) is 5.78 Å². The van der Waals surface area contributed by atoms with Gasteiger partial charge < -0.3 is 0 Å². The summed E-state index contributed by atoms with van der Waals surface area (Å²) >= 11 is 8.52. The van der Waals surface area contributed by atoms with Crippen LogP contribution in [0.15, 0.2) is 34.8 Å². The molecule has 0 aliphatic carbocycles. The molecule has 0 saturated carbocycles. The minimum Gasteiger partial charge on any atom is -0.288 e. The summed E-state index contributed by atoms with van der Waals surface area (Å²) in [6.45, 7) is 0. The molecule has 0 aromatic heterocycles. The second-order valence-corrected chi connectivity index (χ2v) is 4.96. The van der Waals surface area contributed by atoms with E-state index in [1.165, 1.54) is 0 Å². The van der Waals surface area contributed by atoms with Crippen LogP contribution in [0.25, 0.3) is 0 Å². The Morgan fingerprint density at radius 1 is 1.00 bits per heavy atom. The largest absolute Gasteiger partial charge is 0.288 e. The molecule has 2 aromatic rings. The van der Waals surface area contributed by atoms with Crippen molar-refractivity contribution in [1.82, 2.24) is 0 Å². The highest BCUT2D eigenvalue weighted by Gasteiger charge is 2.19. The SMILES string of the molecule is O=C(c1cc(F)c(Br)cc1F)c1ccc(F)cc1Cl. The van der Waals surface area contributed by atoms with Crippen LogP contribution in [0.2, 0.25) is 5.02 Å². The molecule has 98 valence electrons. The molecule has 0 aliphatic rings.